The van der Waals surface area contributed by atoms with E-state index in [2.05, 4.69) is 0 Å². The van der Waals surface area contributed by atoms with Gasteiger partial charge in [0.25, 0.3) is 5.56 Å². The summed E-state index contributed by atoms with van der Waals surface area (Å²) >= 11 is 0. The van der Waals surface area contributed by atoms with Gasteiger partial charge in [-0.1, -0.05) is 6.92 Å². The number of nitrogens with one attached hydrogen (secondary N) is 1. The second-order valence-corrected chi connectivity index (χ2v) is 3.98. The van der Waals surface area contributed by atoms with Crippen LogP contribution in [0.1, 0.15) is 26.0 Å². The molecule has 7 heteroatoms. The zero-order chi connectivity index (χ0) is 12.6. The van der Waals surface area contributed by atoms with Gasteiger partial charge in [-0.25, -0.2) is 4.79 Å². The predicted octanol–water partition coefficient (Wildman–Crippen LogP) is -0.266. The molecule has 1 aliphatic heterocycles. The van der Waals surface area contributed by atoms with Crippen LogP contribution in [0, 0.1) is 5.82 Å². The van der Waals surface area contributed by atoms with Crippen LogP contribution in [-0.2, 0) is 4.74 Å². The molecule has 2 rings (SSSR count). The molecule has 0 amide bonds. The van der Waals surface area contributed by atoms with E-state index in [4.69, 9.17) is 4.74 Å². The first-order chi connectivity index (χ1) is 8.02. The lowest BCUT2D eigenvalue weighted by atomic mass is 10.1. The van der Waals surface area contributed by atoms with Crippen LogP contribution in [0.2, 0.25) is 0 Å². The van der Waals surface area contributed by atoms with Gasteiger partial charge in [0.05, 0.1) is 18.4 Å². The van der Waals surface area contributed by atoms with E-state index < -0.39 is 29.4 Å². The van der Waals surface area contributed by atoms with Crippen LogP contribution in [-0.4, -0.2) is 26.9 Å². The largest absolute Gasteiger partial charge is 0.390 e. The molecule has 0 bridgehead atoms. The maximum absolute atomic E-state index is 13.1. The molecule has 0 radical (unpaired) electrons. The SMILES string of the molecule is CCC1OC(n2cc(F)c(=O)[nH]c2=O)CC1O. The van der Waals surface area contributed by atoms with Crippen LogP contribution in [0.25, 0.3) is 0 Å². The third-order valence-electron chi connectivity index (χ3n) is 2.84. The highest BCUT2D eigenvalue weighted by Crippen LogP contribution is 2.28. The summed E-state index contributed by atoms with van der Waals surface area (Å²) in [5.41, 5.74) is -1.80. The van der Waals surface area contributed by atoms with Crippen LogP contribution < -0.4 is 11.2 Å². The Hall–Kier alpha value is -1.47. The van der Waals surface area contributed by atoms with Crippen molar-refractivity contribution in [1.29, 1.82) is 0 Å². The summed E-state index contributed by atoms with van der Waals surface area (Å²) in [6, 6.07) is 0. The van der Waals surface area contributed by atoms with Crippen LogP contribution >= 0.6 is 0 Å². The summed E-state index contributed by atoms with van der Waals surface area (Å²) in [4.78, 5) is 24.2. The highest BCUT2D eigenvalue weighted by Gasteiger charge is 2.34. The van der Waals surface area contributed by atoms with Gasteiger partial charge in [0.15, 0.2) is 0 Å². The van der Waals surface area contributed by atoms with E-state index in [-0.39, 0.29) is 12.5 Å². The number of H-pyrrole nitrogens is 1. The number of hydrogen-bond acceptors (Lipinski definition) is 4. The van der Waals surface area contributed by atoms with Crippen molar-refractivity contribution >= 4 is 0 Å². The molecule has 1 aromatic rings. The van der Waals surface area contributed by atoms with E-state index in [1.54, 1.807) is 0 Å². The van der Waals surface area contributed by atoms with E-state index in [0.717, 1.165) is 10.8 Å². The van der Waals surface area contributed by atoms with Gasteiger partial charge in [-0.15, -0.1) is 0 Å². The fourth-order valence-electron chi connectivity index (χ4n) is 1.93. The zero-order valence-electron chi connectivity index (χ0n) is 9.22. The van der Waals surface area contributed by atoms with E-state index in [9.17, 15) is 19.1 Å². The lowest BCUT2D eigenvalue weighted by Crippen LogP contribution is -2.33. The molecule has 0 spiro atoms. The second kappa shape index (κ2) is 4.42. The minimum atomic E-state index is -1.06. The molecule has 2 N–H and O–H groups in total. The van der Waals surface area contributed by atoms with Crippen LogP contribution in [0.3, 0.4) is 0 Å². The summed E-state index contributed by atoms with van der Waals surface area (Å²) in [5, 5.41) is 9.63. The second-order valence-electron chi connectivity index (χ2n) is 3.98. The van der Waals surface area contributed by atoms with Gasteiger partial charge in [-0.2, -0.15) is 4.39 Å². The summed E-state index contributed by atoms with van der Waals surface area (Å²) < 4.78 is 19.4. The van der Waals surface area contributed by atoms with Crippen molar-refractivity contribution in [3.8, 4) is 0 Å². The standard InChI is InChI=1S/C10H13FN2O4/c1-2-7-6(14)3-8(17-7)13-4-5(11)9(15)12-10(13)16/h4,6-8,14H,2-3H2,1H3,(H,12,15,16). The van der Waals surface area contributed by atoms with Gasteiger partial charge in [-0.3, -0.25) is 14.3 Å². The maximum Gasteiger partial charge on any atom is 0.330 e. The number of aliphatic hydroxyl groups excluding tert-OH is 1. The van der Waals surface area contributed by atoms with Crippen molar-refractivity contribution in [3.63, 3.8) is 0 Å². The number of hydrogen-bond donors (Lipinski definition) is 2. The highest BCUT2D eigenvalue weighted by molar-refractivity contribution is 4.90. The normalized spacial score (nSPS) is 28.5. The van der Waals surface area contributed by atoms with E-state index in [1.165, 1.54) is 0 Å². The van der Waals surface area contributed by atoms with Gasteiger partial charge in [0.2, 0.25) is 5.82 Å². The summed E-state index contributed by atoms with van der Waals surface area (Å²) in [7, 11) is 0. The van der Waals surface area contributed by atoms with Gasteiger partial charge in [0.1, 0.15) is 6.23 Å². The molecule has 0 aliphatic carbocycles. The first-order valence-corrected chi connectivity index (χ1v) is 5.37. The summed E-state index contributed by atoms with van der Waals surface area (Å²) in [6.07, 6.45) is -0.207. The Kier molecular flexibility index (Phi) is 3.12. The fraction of sp³-hybridized carbons (Fsp3) is 0.600. The molecular formula is C10H13FN2O4. The molecule has 3 atom stereocenters. The molecule has 0 saturated carbocycles. The minimum absolute atomic E-state index is 0.198. The number of rotatable bonds is 2. The average Bonchev–Trinajstić information content (AvgIpc) is 2.65. The Bertz CT molecular complexity index is 524. The first kappa shape index (κ1) is 12.0. The Labute approximate surface area is 95.7 Å². The number of aromatic nitrogens is 2. The molecular weight excluding hydrogens is 231 g/mol. The maximum atomic E-state index is 13.1. The van der Waals surface area contributed by atoms with Crippen molar-refractivity contribution in [2.75, 3.05) is 0 Å². The summed E-state index contributed by atoms with van der Waals surface area (Å²) in [6.45, 7) is 1.84. The Balaban J connectivity index is 2.34. The molecule has 6 nitrogen and oxygen atoms in total. The predicted molar refractivity (Wildman–Crippen MR) is 56.1 cm³/mol. The van der Waals surface area contributed by atoms with Crippen LogP contribution in [0.15, 0.2) is 15.8 Å². The molecule has 94 valence electrons. The number of aliphatic hydroxyl groups is 1. The van der Waals surface area contributed by atoms with Gasteiger partial charge in [0, 0.05) is 6.42 Å². The average molecular weight is 244 g/mol. The molecule has 1 saturated heterocycles. The van der Waals surface area contributed by atoms with E-state index in [0.29, 0.717) is 6.42 Å². The van der Waals surface area contributed by atoms with Crippen LogP contribution in [0.5, 0.6) is 0 Å². The van der Waals surface area contributed by atoms with Crippen LogP contribution in [0.4, 0.5) is 4.39 Å². The van der Waals surface area contributed by atoms with Gasteiger partial charge in [-0.05, 0) is 6.42 Å². The third kappa shape index (κ3) is 2.16. The smallest absolute Gasteiger partial charge is 0.330 e. The molecule has 17 heavy (non-hydrogen) atoms. The fourth-order valence-corrected chi connectivity index (χ4v) is 1.93. The Morgan fingerprint density at radius 2 is 2.35 bits per heavy atom. The lowest BCUT2D eigenvalue weighted by molar-refractivity contribution is -0.0221. The quantitative estimate of drug-likeness (QED) is 0.750. The molecule has 3 unspecified atom stereocenters. The Morgan fingerprint density at radius 1 is 1.65 bits per heavy atom. The molecule has 2 heterocycles. The highest BCUT2D eigenvalue weighted by atomic mass is 19.1. The van der Waals surface area contributed by atoms with Crippen molar-refractivity contribution in [2.45, 2.75) is 38.2 Å². The van der Waals surface area contributed by atoms with Crippen molar-refractivity contribution in [3.05, 3.63) is 32.9 Å². The van der Waals surface area contributed by atoms with Crippen molar-refractivity contribution in [2.24, 2.45) is 0 Å². The topological polar surface area (TPSA) is 84.3 Å². The minimum Gasteiger partial charge on any atom is -0.390 e. The lowest BCUT2D eigenvalue weighted by Gasteiger charge is -2.14. The first-order valence-electron chi connectivity index (χ1n) is 5.37. The number of nitrogens with zero attached hydrogens (tertiary/aromatic N) is 1. The zero-order valence-corrected chi connectivity index (χ0v) is 9.22. The molecule has 1 fully saturated rings. The van der Waals surface area contributed by atoms with Crippen molar-refractivity contribution < 1.29 is 14.2 Å². The Morgan fingerprint density at radius 3 is 2.94 bits per heavy atom. The number of aromatic amines is 1. The van der Waals surface area contributed by atoms with Crippen molar-refractivity contribution in [1.82, 2.24) is 9.55 Å². The molecule has 0 aromatic carbocycles. The monoisotopic (exact) mass is 244 g/mol. The van der Waals surface area contributed by atoms with E-state index in [1.807, 2.05) is 11.9 Å². The van der Waals surface area contributed by atoms with Gasteiger partial charge < -0.3 is 9.84 Å². The molecule has 1 aliphatic rings. The van der Waals surface area contributed by atoms with E-state index >= 15 is 0 Å². The number of ether oxygens (including phenoxy) is 1. The third-order valence-corrected chi connectivity index (χ3v) is 2.84. The molecule has 1 aromatic heterocycles. The number of halogens is 1. The summed E-state index contributed by atoms with van der Waals surface area (Å²) in [5.74, 6) is -1.05. The van der Waals surface area contributed by atoms with Gasteiger partial charge >= 0.3 is 5.69 Å².